The summed E-state index contributed by atoms with van der Waals surface area (Å²) in [6.07, 6.45) is 1.54. The number of furan rings is 1. The SMILES string of the molecule is Cc1oc(C(=O)ON2C(=O)c3ccccc3C2=O)cc1S(=O)(=O)N1CCCC1. The lowest BCUT2D eigenvalue weighted by atomic mass is 10.1. The Morgan fingerprint density at radius 1 is 1.07 bits per heavy atom. The van der Waals surface area contributed by atoms with Gasteiger partial charge >= 0.3 is 5.97 Å². The molecule has 0 bridgehead atoms. The predicted molar refractivity (Wildman–Crippen MR) is 93.8 cm³/mol. The minimum absolute atomic E-state index is 0.0289. The summed E-state index contributed by atoms with van der Waals surface area (Å²) in [5, 5.41) is 0.347. The van der Waals surface area contributed by atoms with Crippen LogP contribution < -0.4 is 0 Å². The molecule has 0 aliphatic carbocycles. The van der Waals surface area contributed by atoms with E-state index in [4.69, 9.17) is 9.25 Å². The van der Waals surface area contributed by atoms with Crippen molar-refractivity contribution < 1.29 is 32.1 Å². The molecule has 0 unspecified atom stereocenters. The molecule has 1 aromatic carbocycles. The number of aryl methyl sites for hydroxylation is 1. The number of hydrogen-bond acceptors (Lipinski definition) is 7. The van der Waals surface area contributed by atoms with E-state index in [0.29, 0.717) is 18.2 Å². The molecule has 1 saturated heterocycles. The summed E-state index contributed by atoms with van der Waals surface area (Å²) in [5.74, 6) is -3.07. The number of benzene rings is 1. The van der Waals surface area contributed by atoms with E-state index < -0.39 is 33.6 Å². The Bertz CT molecular complexity index is 1060. The molecule has 3 heterocycles. The Kier molecular flexibility index (Phi) is 4.31. The van der Waals surface area contributed by atoms with Crippen LogP contribution in [0.2, 0.25) is 0 Å². The average molecular weight is 404 g/mol. The molecule has 28 heavy (non-hydrogen) atoms. The van der Waals surface area contributed by atoms with Gasteiger partial charge in [0, 0.05) is 19.2 Å². The summed E-state index contributed by atoms with van der Waals surface area (Å²) in [6, 6.07) is 7.12. The number of rotatable bonds is 4. The standard InChI is InChI=1S/C18H16N2O7S/c1-11-15(28(24,25)19-8-4-5-9-19)10-14(26-11)18(23)27-20-16(21)12-6-2-3-7-13(12)17(20)22/h2-3,6-7,10H,4-5,8-9H2,1H3. The number of nitrogens with zero attached hydrogens (tertiary/aromatic N) is 2. The topological polar surface area (TPSA) is 114 Å². The molecule has 0 radical (unpaired) electrons. The first-order valence-corrected chi connectivity index (χ1v) is 10.1. The number of carbonyl (C=O) groups is 3. The van der Waals surface area contributed by atoms with E-state index in [0.717, 1.165) is 18.9 Å². The summed E-state index contributed by atoms with van der Waals surface area (Å²) in [5.41, 5.74) is 0.237. The highest BCUT2D eigenvalue weighted by Crippen LogP contribution is 2.28. The van der Waals surface area contributed by atoms with Crippen LogP contribution >= 0.6 is 0 Å². The third-order valence-electron chi connectivity index (χ3n) is 4.69. The smallest absolute Gasteiger partial charge is 0.399 e. The molecule has 0 spiro atoms. The number of carbonyl (C=O) groups excluding carboxylic acids is 3. The van der Waals surface area contributed by atoms with Crippen LogP contribution in [0, 0.1) is 6.92 Å². The highest BCUT2D eigenvalue weighted by atomic mass is 32.2. The van der Waals surface area contributed by atoms with Crippen molar-refractivity contribution >= 4 is 27.8 Å². The van der Waals surface area contributed by atoms with Gasteiger partial charge in [-0.1, -0.05) is 17.2 Å². The predicted octanol–water partition coefficient (Wildman–Crippen LogP) is 1.74. The Morgan fingerprint density at radius 2 is 1.64 bits per heavy atom. The normalized spacial score (nSPS) is 17.2. The molecule has 0 saturated carbocycles. The zero-order valence-electron chi connectivity index (χ0n) is 14.9. The zero-order valence-corrected chi connectivity index (χ0v) is 15.7. The van der Waals surface area contributed by atoms with Crippen molar-refractivity contribution in [2.45, 2.75) is 24.7 Å². The summed E-state index contributed by atoms with van der Waals surface area (Å²) in [6.45, 7) is 2.23. The monoisotopic (exact) mass is 404 g/mol. The molecule has 146 valence electrons. The van der Waals surface area contributed by atoms with Gasteiger partial charge in [-0.15, -0.1) is 0 Å². The summed E-state index contributed by atoms with van der Waals surface area (Å²) in [7, 11) is -3.79. The first-order chi connectivity index (χ1) is 13.3. The molecular formula is C18H16N2O7S. The Labute approximate surface area is 160 Å². The molecule has 2 aliphatic heterocycles. The third kappa shape index (κ3) is 2.81. The molecule has 1 aromatic heterocycles. The van der Waals surface area contributed by atoms with E-state index >= 15 is 0 Å². The van der Waals surface area contributed by atoms with Gasteiger partial charge in [0.25, 0.3) is 11.8 Å². The second-order valence-corrected chi connectivity index (χ2v) is 8.38. The fraction of sp³-hybridized carbons (Fsp3) is 0.278. The van der Waals surface area contributed by atoms with E-state index in [9.17, 15) is 22.8 Å². The van der Waals surface area contributed by atoms with E-state index in [2.05, 4.69) is 0 Å². The maximum atomic E-state index is 12.7. The number of imide groups is 1. The first kappa shape index (κ1) is 18.4. The minimum atomic E-state index is -3.79. The Balaban J connectivity index is 1.57. The number of hydrogen-bond donors (Lipinski definition) is 0. The van der Waals surface area contributed by atoms with E-state index in [1.54, 1.807) is 12.1 Å². The van der Waals surface area contributed by atoms with E-state index in [1.807, 2.05) is 0 Å². The lowest BCUT2D eigenvalue weighted by Crippen LogP contribution is -2.32. The molecule has 2 amide bonds. The lowest BCUT2D eigenvalue weighted by Gasteiger charge is -2.14. The van der Waals surface area contributed by atoms with Gasteiger partial charge in [-0.25, -0.2) is 13.2 Å². The first-order valence-electron chi connectivity index (χ1n) is 8.61. The van der Waals surface area contributed by atoms with Crippen LogP contribution in [0.1, 0.15) is 49.9 Å². The number of sulfonamides is 1. The fourth-order valence-corrected chi connectivity index (χ4v) is 4.95. The quantitative estimate of drug-likeness (QED) is 0.713. The summed E-state index contributed by atoms with van der Waals surface area (Å²) >= 11 is 0. The van der Waals surface area contributed by atoms with Crippen molar-refractivity contribution in [3.05, 3.63) is 53.0 Å². The lowest BCUT2D eigenvalue weighted by molar-refractivity contribution is -0.0603. The maximum Gasteiger partial charge on any atom is 0.399 e. The van der Waals surface area contributed by atoms with E-state index in [-0.39, 0.29) is 21.8 Å². The highest BCUT2D eigenvalue weighted by molar-refractivity contribution is 7.89. The van der Waals surface area contributed by atoms with Gasteiger partial charge in [-0.05, 0) is 31.9 Å². The van der Waals surface area contributed by atoms with Crippen molar-refractivity contribution in [3.63, 3.8) is 0 Å². The van der Waals surface area contributed by atoms with Gasteiger partial charge in [0.15, 0.2) is 0 Å². The summed E-state index contributed by atoms with van der Waals surface area (Å²) < 4.78 is 31.9. The van der Waals surface area contributed by atoms with E-state index in [1.165, 1.54) is 23.4 Å². The summed E-state index contributed by atoms with van der Waals surface area (Å²) in [4.78, 5) is 41.7. The van der Waals surface area contributed by atoms with Gasteiger partial charge < -0.3 is 9.25 Å². The number of hydroxylamine groups is 2. The molecule has 4 rings (SSSR count). The van der Waals surface area contributed by atoms with Crippen LogP contribution in [-0.2, 0) is 14.9 Å². The minimum Gasteiger partial charge on any atom is -0.453 e. The van der Waals surface area contributed by atoms with Crippen molar-refractivity contribution in [1.82, 2.24) is 9.37 Å². The molecule has 2 aliphatic rings. The third-order valence-corrected chi connectivity index (χ3v) is 6.69. The van der Waals surface area contributed by atoms with Crippen LogP contribution in [0.15, 0.2) is 39.6 Å². The Hall–Kier alpha value is -2.98. The van der Waals surface area contributed by atoms with Gasteiger partial charge in [0.1, 0.15) is 10.7 Å². The van der Waals surface area contributed by atoms with Crippen molar-refractivity contribution in [2.24, 2.45) is 0 Å². The maximum absolute atomic E-state index is 12.7. The molecule has 9 nitrogen and oxygen atoms in total. The number of amides is 2. The molecule has 2 aromatic rings. The molecule has 1 fully saturated rings. The molecule has 0 N–H and O–H groups in total. The molecule has 10 heteroatoms. The zero-order chi connectivity index (χ0) is 20.1. The van der Waals surface area contributed by atoms with Gasteiger partial charge in [-0.3, -0.25) is 9.59 Å². The van der Waals surface area contributed by atoms with Crippen molar-refractivity contribution in [1.29, 1.82) is 0 Å². The average Bonchev–Trinajstić information content (AvgIpc) is 3.39. The number of fused-ring (bicyclic) bond motifs is 1. The largest absolute Gasteiger partial charge is 0.453 e. The van der Waals surface area contributed by atoms with Crippen LogP contribution in [-0.4, -0.2) is 48.7 Å². The Morgan fingerprint density at radius 3 is 2.21 bits per heavy atom. The second-order valence-electron chi connectivity index (χ2n) is 6.47. The van der Waals surface area contributed by atoms with Crippen molar-refractivity contribution in [3.8, 4) is 0 Å². The highest BCUT2D eigenvalue weighted by Gasteiger charge is 2.40. The van der Waals surface area contributed by atoms with Gasteiger partial charge in [-0.2, -0.15) is 4.31 Å². The van der Waals surface area contributed by atoms with Crippen LogP contribution in [0.3, 0.4) is 0 Å². The molecular weight excluding hydrogens is 388 g/mol. The van der Waals surface area contributed by atoms with Crippen LogP contribution in [0.5, 0.6) is 0 Å². The van der Waals surface area contributed by atoms with Gasteiger partial charge in [0.05, 0.1) is 11.1 Å². The molecule has 0 atom stereocenters. The fourth-order valence-electron chi connectivity index (χ4n) is 3.27. The van der Waals surface area contributed by atoms with Gasteiger partial charge in [0.2, 0.25) is 15.8 Å². The van der Waals surface area contributed by atoms with Crippen molar-refractivity contribution in [2.75, 3.05) is 13.1 Å². The second kappa shape index (κ2) is 6.57. The van der Waals surface area contributed by atoms with Crippen LogP contribution in [0.25, 0.3) is 0 Å². The van der Waals surface area contributed by atoms with Crippen LogP contribution in [0.4, 0.5) is 0 Å².